The molecular formula is C17H18ClFN2O5S. The Balaban J connectivity index is 2.28. The summed E-state index contributed by atoms with van der Waals surface area (Å²) < 4.78 is 48.4. The van der Waals surface area contributed by atoms with E-state index in [4.69, 9.17) is 21.1 Å². The molecule has 0 aliphatic carbocycles. The molecule has 7 nitrogen and oxygen atoms in total. The fraction of sp³-hybridized carbons (Fsp3) is 0.235. The molecule has 0 bridgehead atoms. The molecule has 0 aromatic heterocycles. The summed E-state index contributed by atoms with van der Waals surface area (Å²) in [7, 11) is -0.967. The lowest BCUT2D eigenvalue weighted by Gasteiger charge is -2.22. The van der Waals surface area contributed by atoms with Crippen LogP contribution in [0.2, 0.25) is 5.02 Å². The van der Waals surface area contributed by atoms with Gasteiger partial charge in [0.2, 0.25) is 15.9 Å². The number of methoxy groups -OCH3 is 2. The van der Waals surface area contributed by atoms with E-state index in [0.717, 1.165) is 22.7 Å². The molecule has 0 saturated heterocycles. The van der Waals surface area contributed by atoms with Gasteiger partial charge in [0.25, 0.3) is 0 Å². The fourth-order valence-corrected chi connectivity index (χ4v) is 3.37. The number of rotatable bonds is 7. The van der Waals surface area contributed by atoms with Crippen LogP contribution in [0.5, 0.6) is 11.5 Å². The number of anilines is 2. The zero-order valence-electron chi connectivity index (χ0n) is 14.8. The second-order valence-corrected chi connectivity index (χ2v) is 7.80. The van der Waals surface area contributed by atoms with Gasteiger partial charge < -0.3 is 14.8 Å². The zero-order chi connectivity index (χ0) is 20.2. The topological polar surface area (TPSA) is 84.9 Å². The molecular weight excluding hydrogens is 399 g/mol. The fourth-order valence-electron chi connectivity index (χ4n) is 2.29. The Morgan fingerprint density at radius 1 is 1.15 bits per heavy atom. The third-order valence-electron chi connectivity index (χ3n) is 3.55. The van der Waals surface area contributed by atoms with E-state index in [-0.39, 0.29) is 22.1 Å². The van der Waals surface area contributed by atoms with Gasteiger partial charge in [0.1, 0.15) is 23.9 Å². The third kappa shape index (κ3) is 5.24. The van der Waals surface area contributed by atoms with E-state index < -0.39 is 28.3 Å². The molecule has 0 aliphatic rings. The minimum atomic E-state index is -3.78. The van der Waals surface area contributed by atoms with Gasteiger partial charge in [-0.1, -0.05) is 11.6 Å². The first-order valence-electron chi connectivity index (χ1n) is 7.60. The van der Waals surface area contributed by atoms with Crippen LogP contribution in [0, 0.1) is 5.82 Å². The van der Waals surface area contributed by atoms with E-state index in [0.29, 0.717) is 5.75 Å². The average molecular weight is 417 g/mol. The summed E-state index contributed by atoms with van der Waals surface area (Å²) in [5, 5.41) is 2.85. The van der Waals surface area contributed by atoms with E-state index in [9.17, 15) is 17.6 Å². The van der Waals surface area contributed by atoms with Crippen LogP contribution in [-0.2, 0) is 14.8 Å². The summed E-state index contributed by atoms with van der Waals surface area (Å²) in [4.78, 5) is 12.4. The number of carbonyl (C=O) groups is 1. The Kier molecular flexibility index (Phi) is 6.50. The average Bonchev–Trinajstić information content (AvgIpc) is 2.60. The molecule has 0 saturated carbocycles. The molecule has 0 heterocycles. The summed E-state index contributed by atoms with van der Waals surface area (Å²) in [5.74, 6) is -0.560. The molecule has 0 unspecified atom stereocenters. The number of carbonyl (C=O) groups excluding carboxylic acids is 1. The molecule has 2 rings (SSSR count). The first-order valence-corrected chi connectivity index (χ1v) is 9.83. The van der Waals surface area contributed by atoms with Crippen molar-refractivity contribution in [3.63, 3.8) is 0 Å². The maximum atomic E-state index is 13.1. The number of hydrogen-bond donors (Lipinski definition) is 1. The van der Waals surface area contributed by atoms with Gasteiger partial charge in [0.15, 0.2) is 0 Å². The van der Waals surface area contributed by atoms with Crippen molar-refractivity contribution in [1.29, 1.82) is 0 Å². The van der Waals surface area contributed by atoms with Crippen LogP contribution < -0.4 is 19.1 Å². The molecule has 0 spiro atoms. The van der Waals surface area contributed by atoms with E-state index in [2.05, 4.69) is 5.32 Å². The van der Waals surface area contributed by atoms with Gasteiger partial charge in [-0.25, -0.2) is 12.8 Å². The van der Waals surface area contributed by atoms with Crippen LogP contribution in [0.15, 0.2) is 36.4 Å². The Bertz CT molecular complexity index is 935. The molecule has 0 atom stereocenters. The van der Waals surface area contributed by atoms with Crippen molar-refractivity contribution < 1.29 is 27.1 Å². The summed E-state index contributed by atoms with van der Waals surface area (Å²) >= 11 is 6.02. The van der Waals surface area contributed by atoms with Crippen molar-refractivity contribution in [2.24, 2.45) is 0 Å². The maximum absolute atomic E-state index is 13.1. The van der Waals surface area contributed by atoms with Crippen molar-refractivity contribution in [2.45, 2.75) is 0 Å². The third-order valence-corrected chi connectivity index (χ3v) is 4.99. The Hall–Kier alpha value is -2.52. The van der Waals surface area contributed by atoms with E-state index in [1.165, 1.54) is 38.5 Å². The van der Waals surface area contributed by atoms with Gasteiger partial charge in [0.05, 0.1) is 36.9 Å². The predicted molar refractivity (Wildman–Crippen MR) is 102 cm³/mol. The highest BCUT2D eigenvalue weighted by Gasteiger charge is 2.22. The van der Waals surface area contributed by atoms with Gasteiger partial charge in [-0.2, -0.15) is 0 Å². The monoisotopic (exact) mass is 416 g/mol. The molecule has 10 heteroatoms. The van der Waals surface area contributed by atoms with Crippen LogP contribution in [0.4, 0.5) is 15.8 Å². The summed E-state index contributed by atoms with van der Waals surface area (Å²) in [6.07, 6.45) is 0.954. The van der Waals surface area contributed by atoms with Gasteiger partial charge in [-0.05, 0) is 24.3 Å². The molecule has 27 heavy (non-hydrogen) atoms. The van der Waals surface area contributed by atoms with Crippen molar-refractivity contribution in [2.75, 3.05) is 36.6 Å². The highest BCUT2D eigenvalue weighted by atomic mass is 35.5. The number of amides is 1. The van der Waals surface area contributed by atoms with Gasteiger partial charge >= 0.3 is 0 Å². The number of benzene rings is 2. The Labute approximate surface area is 161 Å². The summed E-state index contributed by atoms with van der Waals surface area (Å²) in [6.45, 7) is -0.515. The smallest absolute Gasteiger partial charge is 0.245 e. The first kappa shape index (κ1) is 20.8. The molecule has 1 amide bonds. The molecule has 1 N–H and O–H groups in total. The SMILES string of the molecule is COc1cc(NC(=O)CN(c2ccc(F)cc2)S(C)(=O)=O)c(OC)cc1Cl. The molecule has 2 aromatic carbocycles. The lowest BCUT2D eigenvalue weighted by Crippen LogP contribution is -2.37. The van der Waals surface area contributed by atoms with Gasteiger partial charge in [-0.3, -0.25) is 9.10 Å². The number of nitrogens with zero attached hydrogens (tertiary/aromatic N) is 1. The quantitative estimate of drug-likeness (QED) is 0.750. The second kappa shape index (κ2) is 8.45. The molecule has 146 valence electrons. The van der Waals surface area contributed by atoms with Crippen molar-refractivity contribution in [1.82, 2.24) is 0 Å². The van der Waals surface area contributed by atoms with Crippen molar-refractivity contribution in [3.8, 4) is 11.5 Å². The van der Waals surface area contributed by atoms with Crippen LogP contribution in [-0.4, -0.2) is 41.3 Å². The normalized spacial score (nSPS) is 11.0. The minimum absolute atomic E-state index is 0.162. The maximum Gasteiger partial charge on any atom is 0.245 e. The molecule has 0 aliphatic heterocycles. The van der Waals surface area contributed by atoms with Crippen molar-refractivity contribution in [3.05, 3.63) is 47.2 Å². The summed E-state index contributed by atoms with van der Waals surface area (Å²) in [5.41, 5.74) is 0.422. The van der Waals surface area contributed by atoms with Gasteiger partial charge in [0, 0.05) is 12.1 Å². The predicted octanol–water partition coefficient (Wildman–Crippen LogP) is 2.90. The Morgan fingerprint density at radius 2 is 1.74 bits per heavy atom. The Morgan fingerprint density at radius 3 is 2.26 bits per heavy atom. The van der Waals surface area contributed by atoms with E-state index >= 15 is 0 Å². The van der Waals surface area contributed by atoms with E-state index in [1.807, 2.05) is 0 Å². The van der Waals surface area contributed by atoms with Crippen LogP contribution in [0.25, 0.3) is 0 Å². The highest BCUT2D eigenvalue weighted by Crippen LogP contribution is 2.35. The van der Waals surface area contributed by atoms with Crippen LogP contribution >= 0.6 is 11.6 Å². The van der Waals surface area contributed by atoms with Gasteiger partial charge in [-0.15, -0.1) is 0 Å². The van der Waals surface area contributed by atoms with Crippen molar-refractivity contribution >= 4 is 38.9 Å². The van der Waals surface area contributed by atoms with E-state index in [1.54, 1.807) is 0 Å². The highest BCUT2D eigenvalue weighted by molar-refractivity contribution is 7.92. The number of ether oxygens (including phenoxy) is 2. The van der Waals surface area contributed by atoms with Crippen LogP contribution in [0.1, 0.15) is 0 Å². The zero-order valence-corrected chi connectivity index (χ0v) is 16.4. The number of nitrogens with one attached hydrogen (secondary N) is 1. The summed E-state index contributed by atoms with van der Waals surface area (Å²) in [6, 6.07) is 7.69. The first-order chi connectivity index (χ1) is 12.7. The molecule has 2 aromatic rings. The lowest BCUT2D eigenvalue weighted by molar-refractivity contribution is -0.114. The number of halogens is 2. The molecule has 0 radical (unpaired) electrons. The number of hydrogen-bond acceptors (Lipinski definition) is 5. The number of sulfonamides is 1. The van der Waals surface area contributed by atoms with Crippen LogP contribution in [0.3, 0.4) is 0 Å². The second-order valence-electron chi connectivity index (χ2n) is 5.48. The molecule has 0 fully saturated rings. The minimum Gasteiger partial charge on any atom is -0.495 e. The lowest BCUT2D eigenvalue weighted by atomic mass is 10.2. The standard InChI is InChI=1S/C17H18ClFN2O5S/c1-25-15-9-14(16(26-2)8-13(15)18)20-17(22)10-21(27(3,23)24)12-6-4-11(19)5-7-12/h4-9H,10H2,1-3H3,(H,20,22). The largest absolute Gasteiger partial charge is 0.495 e.